The van der Waals surface area contributed by atoms with Crippen LogP contribution < -0.4 is 10.2 Å². The number of benzene rings is 3. The standard InChI is InChI=1S/C26H18ClN5O5/c27-15-8-10-16(11-9-15)29-24(33)23-21-20(22-19-7-2-1-4-14(19)13-28-31(22)23)25(34)30(26(21)35)17-5-3-6-18(12-17)32(36)37/h1-13,20-23H,(H,29,33)/t20-,21-,22+,23+/m0/s1. The first kappa shape index (κ1) is 22.9. The molecule has 10 nitrogen and oxygen atoms in total. The predicted octanol–water partition coefficient (Wildman–Crippen LogP) is 3.77. The summed E-state index contributed by atoms with van der Waals surface area (Å²) in [5, 5.41) is 20.7. The quantitative estimate of drug-likeness (QED) is 0.320. The van der Waals surface area contributed by atoms with Crippen molar-refractivity contribution in [1.29, 1.82) is 0 Å². The molecule has 3 aliphatic heterocycles. The number of hydrogen-bond acceptors (Lipinski definition) is 7. The molecular weight excluding hydrogens is 498 g/mol. The van der Waals surface area contributed by atoms with E-state index in [1.807, 2.05) is 24.3 Å². The van der Waals surface area contributed by atoms with Crippen molar-refractivity contribution in [1.82, 2.24) is 5.01 Å². The van der Waals surface area contributed by atoms with Crippen molar-refractivity contribution in [2.45, 2.75) is 12.1 Å². The van der Waals surface area contributed by atoms with Crippen LogP contribution in [0.5, 0.6) is 0 Å². The Morgan fingerprint density at radius 2 is 1.70 bits per heavy atom. The fourth-order valence-corrected chi connectivity index (χ4v) is 5.54. The molecule has 3 aromatic rings. The number of nitrogens with one attached hydrogen (secondary N) is 1. The molecule has 3 heterocycles. The van der Waals surface area contributed by atoms with E-state index < -0.39 is 46.6 Å². The highest BCUT2D eigenvalue weighted by atomic mass is 35.5. The summed E-state index contributed by atoms with van der Waals surface area (Å²) in [6.45, 7) is 0. The Morgan fingerprint density at radius 1 is 0.973 bits per heavy atom. The average molecular weight is 516 g/mol. The number of anilines is 2. The zero-order valence-electron chi connectivity index (χ0n) is 19.0. The molecule has 37 heavy (non-hydrogen) atoms. The number of fused-ring (bicyclic) bond motifs is 5. The molecule has 2 fully saturated rings. The molecule has 3 aliphatic rings. The highest BCUT2D eigenvalue weighted by Gasteiger charge is 2.65. The lowest BCUT2D eigenvalue weighted by Crippen LogP contribution is -2.46. The summed E-state index contributed by atoms with van der Waals surface area (Å²) in [5.41, 5.74) is 1.88. The van der Waals surface area contributed by atoms with Crippen molar-refractivity contribution >= 4 is 52.6 Å². The summed E-state index contributed by atoms with van der Waals surface area (Å²) in [4.78, 5) is 52.9. The van der Waals surface area contributed by atoms with Crippen LogP contribution in [0.15, 0.2) is 77.9 Å². The van der Waals surface area contributed by atoms with Gasteiger partial charge in [0.25, 0.3) is 5.69 Å². The van der Waals surface area contributed by atoms with Gasteiger partial charge in [-0.2, -0.15) is 5.10 Å². The van der Waals surface area contributed by atoms with E-state index in [2.05, 4.69) is 10.4 Å². The second-order valence-corrected chi connectivity index (χ2v) is 9.42. The van der Waals surface area contributed by atoms with Crippen LogP contribution in [-0.2, 0) is 14.4 Å². The van der Waals surface area contributed by atoms with Crippen LogP contribution in [-0.4, -0.2) is 39.9 Å². The van der Waals surface area contributed by atoms with Gasteiger partial charge >= 0.3 is 0 Å². The SMILES string of the molecule is O=C(Nc1ccc(Cl)cc1)[C@H]1[C@H]2C(=O)N(c3cccc([N+](=O)[O-])c3)C(=O)[C@@H]2[C@H]2c3ccccc3C=NN21. The molecule has 0 unspecified atom stereocenters. The summed E-state index contributed by atoms with van der Waals surface area (Å²) < 4.78 is 0. The summed E-state index contributed by atoms with van der Waals surface area (Å²) in [5.74, 6) is -3.59. The zero-order chi connectivity index (χ0) is 25.8. The van der Waals surface area contributed by atoms with E-state index >= 15 is 0 Å². The minimum atomic E-state index is -1.09. The molecule has 2 saturated heterocycles. The maximum atomic E-state index is 13.8. The minimum absolute atomic E-state index is 0.0922. The monoisotopic (exact) mass is 515 g/mol. The van der Waals surface area contributed by atoms with Gasteiger partial charge in [-0.3, -0.25) is 29.5 Å². The van der Waals surface area contributed by atoms with Crippen LogP contribution in [0.25, 0.3) is 0 Å². The smallest absolute Gasteiger partial charge is 0.271 e. The molecule has 0 radical (unpaired) electrons. The molecule has 1 N–H and O–H groups in total. The molecule has 11 heteroatoms. The lowest BCUT2D eigenvalue weighted by Gasteiger charge is -2.33. The van der Waals surface area contributed by atoms with Gasteiger partial charge in [0, 0.05) is 22.8 Å². The molecule has 0 aromatic heterocycles. The lowest BCUT2D eigenvalue weighted by molar-refractivity contribution is -0.384. The van der Waals surface area contributed by atoms with Crippen molar-refractivity contribution in [3.63, 3.8) is 0 Å². The first-order chi connectivity index (χ1) is 17.8. The number of nitrogens with zero attached hydrogens (tertiary/aromatic N) is 4. The van der Waals surface area contributed by atoms with Gasteiger partial charge in [-0.15, -0.1) is 0 Å². The Kier molecular flexibility index (Phi) is 5.27. The van der Waals surface area contributed by atoms with Crippen LogP contribution in [0.2, 0.25) is 5.02 Å². The van der Waals surface area contributed by atoms with Crippen molar-refractivity contribution in [2.75, 3.05) is 10.2 Å². The van der Waals surface area contributed by atoms with Gasteiger partial charge in [-0.05, 0) is 41.5 Å². The normalized spacial score (nSPS) is 23.5. The number of imide groups is 1. The van der Waals surface area contributed by atoms with Crippen LogP contribution in [0, 0.1) is 22.0 Å². The largest absolute Gasteiger partial charge is 0.324 e. The van der Waals surface area contributed by atoms with Gasteiger partial charge in [0.05, 0.1) is 34.7 Å². The molecule has 3 aromatic carbocycles. The van der Waals surface area contributed by atoms with Crippen molar-refractivity contribution in [3.05, 3.63) is 99.1 Å². The number of nitro groups is 1. The molecular formula is C26H18ClN5O5. The van der Waals surface area contributed by atoms with Crippen molar-refractivity contribution in [3.8, 4) is 0 Å². The Morgan fingerprint density at radius 3 is 2.46 bits per heavy atom. The summed E-state index contributed by atoms with van der Waals surface area (Å²) in [7, 11) is 0. The number of hydrogen-bond donors (Lipinski definition) is 1. The van der Waals surface area contributed by atoms with Crippen LogP contribution in [0.4, 0.5) is 17.1 Å². The van der Waals surface area contributed by atoms with Gasteiger partial charge < -0.3 is 5.32 Å². The topological polar surface area (TPSA) is 125 Å². The number of hydrazone groups is 1. The third-order valence-electron chi connectivity index (χ3n) is 6.97. The number of nitro benzene ring substituents is 1. The predicted molar refractivity (Wildman–Crippen MR) is 135 cm³/mol. The van der Waals surface area contributed by atoms with Crippen molar-refractivity contribution in [2.24, 2.45) is 16.9 Å². The first-order valence-electron chi connectivity index (χ1n) is 11.4. The average Bonchev–Trinajstić information content (AvgIpc) is 3.38. The maximum Gasteiger partial charge on any atom is 0.271 e. The van der Waals surface area contributed by atoms with E-state index in [9.17, 15) is 24.5 Å². The van der Waals surface area contributed by atoms with E-state index in [0.717, 1.165) is 16.0 Å². The van der Waals surface area contributed by atoms with E-state index in [4.69, 9.17) is 11.6 Å². The fourth-order valence-electron chi connectivity index (χ4n) is 5.42. The fraction of sp³-hybridized carbons (Fsp3) is 0.154. The van der Waals surface area contributed by atoms with Crippen LogP contribution in [0.1, 0.15) is 17.2 Å². The Bertz CT molecular complexity index is 1510. The zero-order valence-corrected chi connectivity index (χ0v) is 19.8. The number of carbonyl (C=O) groups is 3. The van der Waals surface area contributed by atoms with Gasteiger partial charge in [0.2, 0.25) is 17.7 Å². The van der Waals surface area contributed by atoms with Crippen LogP contribution >= 0.6 is 11.6 Å². The Balaban J connectivity index is 1.44. The highest BCUT2D eigenvalue weighted by Crippen LogP contribution is 2.52. The molecule has 3 amide bonds. The van der Waals surface area contributed by atoms with Gasteiger partial charge in [0.15, 0.2) is 0 Å². The number of carbonyl (C=O) groups excluding carboxylic acids is 3. The number of rotatable bonds is 4. The Hall–Kier alpha value is -4.57. The number of non-ortho nitro benzene ring substituents is 1. The van der Waals surface area contributed by atoms with E-state index in [0.29, 0.717) is 10.7 Å². The van der Waals surface area contributed by atoms with Gasteiger partial charge in [0.1, 0.15) is 6.04 Å². The highest BCUT2D eigenvalue weighted by molar-refractivity contribution is 6.30. The van der Waals surface area contributed by atoms with Gasteiger partial charge in [-0.25, -0.2) is 4.90 Å². The molecule has 4 atom stereocenters. The summed E-state index contributed by atoms with van der Waals surface area (Å²) >= 11 is 5.96. The first-order valence-corrected chi connectivity index (χ1v) is 11.8. The lowest BCUT2D eigenvalue weighted by atomic mass is 9.85. The number of amides is 3. The molecule has 0 saturated carbocycles. The third kappa shape index (κ3) is 3.56. The minimum Gasteiger partial charge on any atom is -0.324 e. The molecule has 184 valence electrons. The van der Waals surface area contributed by atoms with Crippen molar-refractivity contribution < 1.29 is 19.3 Å². The van der Waals surface area contributed by atoms with Gasteiger partial charge in [-0.1, -0.05) is 41.9 Å². The van der Waals surface area contributed by atoms with E-state index in [1.54, 1.807) is 30.5 Å². The van der Waals surface area contributed by atoms with E-state index in [-0.39, 0.29) is 11.4 Å². The maximum absolute atomic E-state index is 13.8. The Labute approximate surface area is 215 Å². The summed E-state index contributed by atoms with van der Waals surface area (Å²) in [6, 6.07) is 17.5. The molecule has 0 spiro atoms. The second-order valence-electron chi connectivity index (χ2n) is 8.98. The third-order valence-corrected chi connectivity index (χ3v) is 7.22. The summed E-state index contributed by atoms with van der Waals surface area (Å²) in [6.07, 6.45) is 1.61. The molecule has 6 rings (SSSR count). The second kappa shape index (κ2) is 8.52. The van der Waals surface area contributed by atoms with Crippen LogP contribution in [0.3, 0.4) is 0 Å². The molecule has 0 aliphatic carbocycles. The van der Waals surface area contributed by atoms with E-state index in [1.165, 1.54) is 29.3 Å². The number of halogens is 1. The molecule has 0 bridgehead atoms.